The molecule has 0 bridgehead atoms. The number of halogens is 1. The normalized spacial score (nSPS) is 22.5. The highest BCUT2D eigenvalue weighted by molar-refractivity contribution is 5.96. The predicted octanol–water partition coefficient (Wildman–Crippen LogP) is 3.47. The van der Waals surface area contributed by atoms with Crippen LogP contribution in [0.1, 0.15) is 39.9 Å². The first-order valence-corrected chi connectivity index (χ1v) is 8.85. The lowest BCUT2D eigenvalue weighted by molar-refractivity contribution is -0.135. The van der Waals surface area contributed by atoms with Crippen LogP contribution in [0.2, 0.25) is 0 Å². The van der Waals surface area contributed by atoms with E-state index in [-0.39, 0.29) is 23.7 Å². The third kappa shape index (κ3) is 3.30. The van der Waals surface area contributed by atoms with Gasteiger partial charge in [0.15, 0.2) is 0 Å². The molecule has 27 heavy (non-hydrogen) atoms. The summed E-state index contributed by atoms with van der Waals surface area (Å²) in [7, 11) is 0. The lowest BCUT2D eigenvalue weighted by atomic mass is 9.76. The smallest absolute Gasteiger partial charge is 0.322 e. The number of allylic oxidation sites excluding steroid dienone is 2. The van der Waals surface area contributed by atoms with Crippen LogP contribution in [0.15, 0.2) is 54.6 Å². The Morgan fingerprint density at radius 1 is 1.19 bits per heavy atom. The van der Waals surface area contributed by atoms with Gasteiger partial charge in [0.05, 0.1) is 6.04 Å². The molecule has 0 spiro atoms. The number of hydrogen-bond donors (Lipinski definition) is 3. The van der Waals surface area contributed by atoms with E-state index in [1.54, 1.807) is 18.2 Å². The molecule has 0 fully saturated rings. The van der Waals surface area contributed by atoms with Crippen molar-refractivity contribution in [2.75, 3.05) is 11.9 Å². The van der Waals surface area contributed by atoms with Gasteiger partial charge in [-0.15, -0.1) is 0 Å². The molecule has 4 rings (SSSR count). The molecule has 0 aromatic heterocycles. The number of carboxylic acids is 1. The van der Waals surface area contributed by atoms with E-state index in [0.29, 0.717) is 5.56 Å². The molecule has 0 unspecified atom stereocenters. The monoisotopic (exact) mass is 366 g/mol. The van der Waals surface area contributed by atoms with Crippen LogP contribution in [0.4, 0.5) is 10.1 Å². The van der Waals surface area contributed by atoms with E-state index in [1.807, 2.05) is 12.1 Å². The van der Waals surface area contributed by atoms with Gasteiger partial charge in [-0.3, -0.25) is 9.59 Å². The second kappa shape index (κ2) is 6.87. The fraction of sp³-hybridized carbons (Fsp3) is 0.238. The summed E-state index contributed by atoms with van der Waals surface area (Å²) in [5, 5.41) is 14.6. The van der Waals surface area contributed by atoms with Crippen molar-refractivity contribution in [3.8, 4) is 0 Å². The van der Waals surface area contributed by atoms with Crippen LogP contribution in [-0.2, 0) is 4.79 Å². The second-order valence-corrected chi connectivity index (χ2v) is 6.91. The van der Waals surface area contributed by atoms with Crippen molar-refractivity contribution in [2.24, 2.45) is 5.92 Å². The van der Waals surface area contributed by atoms with Gasteiger partial charge in [0.2, 0.25) is 0 Å². The maximum absolute atomic E-state index is 13.3. The van der Waals surface area contributed by atoms with E-state index in [0.717, 1.165) is 23.2 Å². The van der Waals surface area contributed by atoms with Gasteiger partial charge in [0.25, 0.3) is 5.91 Å². The first-order chi connectivity index (χ1) is 13.0. The minimum absolute atomic E-state index is 0.0600. The molecule has 1 aliphatic carbocycles. The zero-order chi connectivity index (χ0) is 19.0. The number of benzene rings is 2. The Hall–Kier alpha value is -3.15. The first-order valence-electron chi connectivity index (χ1n) is 8.85. The van der Waals surface area contributed by atoms with Gasteiger partial charge in [0, 0.05) is 17.2 Å². The van der Waals surface area contributed by atoms with Crippen LogP contribution in [0.3, 0.4) is 0 Å². The van der Waals surface area contributed by atoms with Crippen LogP contribution < -0.4 is 10.6 Å². The topological polar surface area (TPSA) is 78.4 Å². The summed E-state index contributed by atoms with van der Waals surface area (Å²) >= 11 is 0. The number of anilines is 1. The van der Waals surface area contributed by atoms with Crippen LogP contribution in [-0.4, -0.2) is 23.5 Å². The molecule has 1 heterocycles. The van der Waals surface area contributed by atoms with E-state index in [1.165, 1.54) is 12.1 Å². The number of amides is 1. The van der Waals surface area contributed by atoms with Crippen molar-refractivity contribution in [3.05, 3.63) is 77.1 Å². The number of fused-ring (bicyclic) bond motifs is 3. The SMILES string of the molecule is O=C(O)CNC(=O)c1ccc2c(c1)[C@H]1C=CC[C@@H]1[C@H](c1ccc(F)cc1)N2. The summed E-state index contributed by atoms with van der Waals surface area (Å²) in [6.45, 7) is -0.410. The Bertz CT molecular complexity index is 924. The summed E-state index contributed by atoms with van der Waals surface area (Å²) < 4.78 is 13.3. The lowest BCUT2D eigenvalue weighted by Crippen LogP contribution is -2.31. The molecule has 0 radical (unpaired) electrons. The highest BCUT2D eigenvalue weighted by atomic mass is 19.1. The molecule has 3 atom stereocenters. The summed E-state index contributed by atoms with van der Waals surface area (Å²) in [5.74, 6) is -1.31. The van der Waals surface area contributed by atoms with Gasteiger partial charge in [-0.1, -0.05) is 24.3 Å². The number of carbonyl (C=O) groups excluding carboxylic acids is 1. The molecular formula is C21H19FN2O3. The van der Waals surface area contributed by atoms with Crippen molar-refractivity contribution < 1.29 is 19.1 Å². The van der Waals surface area contributed by atoms with Crippen LogP contribution >= 0.6 is 0 Å². The molecule has 2 aromatic carbocycles. The van der Waals surface area contributed by atoms with Crippen molar-refractivity contribution >= 4 is 17.6 Å². The molecular weight excluding hydrogens is 347 g/mol. The Morgan fingerprint density at radius 2 is 1.96 bits per heavy atom. The highest BCUT2D eigenvalue weighted by Gasteiger charge is 2.38. The summed E-state index contributed by atoms with van der Waals surface area (Å²) in [5.41, 5.74) is 3.43. The van der Waals surface area contributed by atoms with Crippen LogP contribution in [0.25, 0.3) is 0 Å². The Kier molecular flexibility index (Phi) is 4.39. The molecule has 2 aromatic rings. The number of rotatable bonds is 4. The summed E-state index contributed by atoms with van der Waals surface area (Å²) in [4.78, 5) is 22.8. The second-order valence-electron chi connectivity index (χ2n) is 6.91. The predicted molar refractivity (Wildman–Crippen MR) is 99.2 cm³/mol. The average Bonchev–Trinajstić information content (AvgIpc) is 3.16. The molecule has 0 saturated carbocycles. The zero-order valence-corrected chi connectivity index (χ0v) is 14.5. The fourth-order valence-electron chi connectivity index (χ4n) is 3.99. The number of carboxylic acid groups (broad SMARTS) is 1. The van der Waals surface area contributed by atoms with Crippen molar-refractivity contribution in [2.45, 2.75) is 18.4 Å². The van der Waals surface area contributed by atoms with Crippen molar-refractivity contribution in [1.29, 1.82) is 0 Å². The minimum Gasteiger partial charge on any atom is -0.480 e. The third-order valence-corrected chi connectivity index (χ3v) is 5.25. The van der Waals surface area contributed by atoms with Gasteiger partial charge in [-0.2, -0.15) is 0 Å². The van der Waals surface area contributed by atoms with E-state index < -0.39 is 18.4 Å². The van der Waals surface area contributed by atoms with E-state index in [4.69, 9.17) is 5.11 Å². The highest BCUT2D eigenvalue weighted by Crippen LogP contribution is 2.49. The van der Waals surface area contributed by atoms with E-state index in [2.05, 4.69) is 22.8 Å². The average molecular weight is 366 g/mol. The minimum atomic E-state index is -1.08. The molecule has 5 nitrogen and oxygen atoms in total. The fourth-order valence-corrected chi connectivity index (χ4v) is 3.99. The molecule has 1 aliphatic heterocycles. The van der Waals surface area contributed by atoms with E-state index in [9.17, 15) is 14.0 Å². The summed E-state index contributed by atoms with van der Waals surface area (Å²) in [6.07, 6.45) is 5.19. The van der Waals surface area contributed by atoms with Gasteiger partial charge in [0.1, 0.15) is 12.4 Å². The molecule has 0 saturated heterocycles. The molecule has 3 N–H and O–H groups in total. The van der Waals surface area contributed by atoms with Crippen molar-refractivity contribution in [3.63, 3.8) is 0 Å². The third-order valence-electron chi connectivity index (χ3n) is 5.25. The van der Waals surface area contributed by atoms with Gasteiger partial charge in [-0.25, -0.2) is 4.39 Å². The van der Waals surface area contributed by atoms with Gasteiger partial charge in [-0.05, 0) is 53.8 Å². The first kappa shape index (κ1) is 17.3. The van der Waals surface area contributed by atoms with Gasteiger partial charge < -0.3 is 15.7 Å². The van der Waals surface area contributed by atoms with Crippen LogP contribution in [0.5, 0.6) is 0 Å². The quantitative estimate of drug-likeness (QED) is 0.724. The van der Waals surface area contributed by atoms with E-state index >= 15 is 0 Å². The summed E-state index contributed by atoms with van der Waals surface area (Å²) in [6, 6.07) is 12.0. The zero-order valence-electron chi connectivity index (χ0n) is 14.5. The molecule has 2 aliphatic rings. The number of carbonyl (C=O) groups is 2. The van der Waals surface area contributed by atoms with Gasteiger partial charge >= 0.3 is 5.97 Å². The number of aliphatic carboxylic acids is 1. The largest absolute Gasteiger partial charge is 0.480 e. The molecule has 138 valence electrons. The Morgan fingerprint density at radius 3 is 2.70 bits per heavy atom. The number of nitrogens with one attached hydrogen (secondary N) is 2. The molecule has 6 heteroatoms. The Labute approximate surface area is 155 Å². The maximum atomic E-state index is 13.3. The van der Waals surface area contributed by atoms with Crippen molar-refractivity contribution in [1.82, 2.24) is 5.32 Å². The number of hydrogen-bond acceptors (Lipinski definition) is 3. The Balaban J connectivity index is 1.64. The molecule has 1 amide bonds. The van der Waals surface area contributed by atoms with Crippen LogP contribution in [0, 0.1) is 11.7 Å². The maximum Gasteiger partial charge on any atom is 0.322 e. The standard InChI is InChI=1S/C21H19FN2O3/c22-14-7-4-12(5-8-14)20-16-3-1-2-15(16)17-10-13(6-9-18(17)24-20)21(27)23-11-19(25)26/h1-2,4-10,15-16,20,24H,3,11H2,(H,23,27)(H,25,26)/t15-,16-,20-/m0/s1. The lowest BCUT2D eigenvalue weighted by Gasteiger charge is -2.37.